The molecule has 8 heteroatoms. The third-order valence-electron chi connectivity index (χ3n) is 3.62. The van der Waals surface area contributed by atoms with E-state index < -0.39 is 22.5 Å². The van der Waals surface area contributed by atoms with Crippen molar-refractivity contribution in [1.29, 1.82) is 0 Å². The van der Waals surface area contributed by atoms with Gasteiger partial charge in [-0.1, -0.05) is 18.2 Å². The molecule has 0 aromatic heterocycles. The Bertz CT molecular complexity index is 636. The molecule has 0 unspecified atom stereocenters. The van der Waals surface area contributed by atoms with E-state index in [2.05, 4.69) is 5.32 Å². The van der Waals surface area contributed by atoms with E-state index in [1.165, 1.54) is 4.31 Å². The topological polar surface area (TPSA) is 104 Å². The molecule has 1 aliphatic rings. The van der Waals surface area contributed by atoms with Gasteiger partial charge in [0.05, 0.1) is 4.90 Å². The zero-order valence-corrected chi connectivity index (χ0v) is 12.8. The first-order valence-electron chi connectivity index (χ1n) is 6.96. The molecule has 0 saturated carbocycles. The largest absolute Gasteiger partial charge is 0.480 e. The third-order valence-corrected chi connectivity index (χ3v) is 5.53. The van der Waals surface area contributed by atoms with Crippen LogP contribution in [-0.4, -0.2) is 49.3 Å². The number of carboxylic acid groups (broad SMARTS) is 1. The maximum absolute atomic E-state index is 12.4. The van der Waals surface area contributed by atoms with Gasteiger partial charge in [-0.3, -0.25) is 9.59 Å². The molecule has 1 fully saturated rings. The van der Waals surface area contributed by atoms with Gasteiger partial charge in [0, 0.05) is 19.0 Å². The van der Waals surface area contributed by atoms with Crippen LogP contribution >= 0.6 is 0 Å². The van der Waals surface area contributed by atoms with Crippen molar-refractivity contribution in [3.05, 3.63) is 30.3 Å². The minimum atomic E-state index is -3.53. The van der Waals surface area contributed by atoms with Gasteiger partial charge < -0.3 is 10.4 Å². The van der Waals surface area contributed by atoms with Crippen molar-refractivity contribution < 1.29 is 23.1 Å². The lowest BCUT2D eigenvalue weighted by Gasteiger charge is -2.30. The Labute approximate surface area is 129 Å². The van der Waals surface area contributed by atoms with Crippen LogP contribution in [0.2, 0.25) is 0 Å². The quantitative estimate of drug-likeness (QED) is 0.809. The summed E-state index contributed by atoms with van der Waals surface area (Å²) in [5.74, 6) is -1.78. The highest BCUT2D eigenvalue weighted by Gasteiger charge is 2.31. The highest BCUT2D eigenvalue weighted by atomic mass is 32.2. The summed E-state index contributed by atoms with van der Waals surface area (Å²) in [6.07, 6.45) is 0.773. The summed E-state index contributed by atoms with van der Waals surface area (Å²) in [6.45, 7) is 0.0894. The van der Waals surface area contributed by atoms with E-state index in [9.17, 15) is 18.0 Å². The summed E-state index contributed by atoms with van der Waals surface area (Å²) in [6, 6.07) is 8.16. The van der Waals surface area contributed by atoms with Gasteiger partial charge in [0.15, 0.2) is 0 Å². The number of hydrogen-bond donors (Lipinski definition) is 2. The number of benzene rings is 1. The monoisotopic (exact) mass is 326 g/mol. The fraction of sp³-hybridized carbons (Fsp3) is 0.429. The molecule has 1 heterocycles. The second kappa shape index (κ2) is 6.89. The third kappa shape index (κ3) is 3.83. The van der Waals surface area contributed by atoms with Gasteiger partial charge >= 0.3 is 5.97 Å². The molecule has 1 aromatic rings. The Balaban J connectivity index is 1.95. The first kappa shape index (κ1) is 16.4. The SMILES string of the molecule is O=C(O)CNC(=O)C1CCN(S(=O)(=O)c2ccccc2)CC1. The molecular weight excluding hydrogens is 308 g/mol. The normalized spacial score (nSPS) is 17.1. The Morgan fingerprint density at radius 3 is 2.32 bits per heavy atom. The molecule has 2 N–H and O–H groups in total. The van der Waals surface area contributed by atoms with E-state index in [1.807, 2.05) is 0 Å². The number of piperidine rings is 1. The van der Waals surface area contributed by atoms with Crippen LogP contribution in [0.3, 0.4) is 0 Å². The molecule has 0 bridgehead atoms. The Kier molecular flexibility index (Phi) is 5.15. The highest BCUT2D eigenvalue weighted by Crippen LogP contribution is 2.23. The Hall–Kier alpha value is -1.93. The number of nitrogens with one attached hydrogen (secondary N) is 1. The predicted molar refractivity (Wildman–Crippen MR) is 78.6 cm³/mol. The summed E-state index contributed by atoms with van der Waals surface area (Å²) < 4.78 is 26.2. The lowest BCUT2D eigenvalue weighted by atomic mass is 9.97. The van der Waals surface area contributed by atoms with Gasteiger partial charge in [-0.05, 0) is 25.0 Å². The van der Waals surface area contributed by atoms with Gasteiger partial charge in [0.2, 0.25) is 15.9 Å². The lowest BCUT2D eigenvalue weighted by Crippen LogP contribution is -2.43. The molecule has 0 radical (unpaired) electrons. The lowest BCUT2D eigenvalue weighted by molar-refractivity contribution is -0.138. The van der Waals surface area contributed by atoms with Crippen molar-refractivity contribution in [1.82, 2.24) is 9.62 Å². The van der Waals surface area contributed by atoms with E-state index >= 15 is 0 Å². The number of nitrogens with zero attached hydrogens (tertiary/aromatic N) is 1. The zero-order valence-electron chi connectivity index (χ0n) is 11.9. The first-order chi connectivity index (χ1) is 10.4. The summed E-state index contributed by atoms with van der Waals surface area (Å²) in [5.41, 5.74) is 0. The molecule has 0 aliphatic carbocycles. The van der Waals surface area contributed by atoms with E-state index in [4.69, 9.17) is 5.11 Å². The number of amides is 1. The van der Waals surface area contributed by atoms with E-state index in [0.717, 1.165) is 0 Å². The van der Waals surface area contributed by atoms with E-state index in [1.54, 1.807) is 30.3 Å². The van der Waals surface area contributed by atoms with Gasteiger partial charge in [-0.15, -0.1) is 0 Å². The number of rotatable bonds is 5. The fourth-order valence-corrected chi connectivity index (χ4v) is 3.90. The van der Waals surface area contributed by atoms with Gasteiger partial charge in [0.1, 0.15) is 6.54 Å². The molecule has 1 aromatic carbocycles. The number of carbonyl (C=O) groups excluding carboxylic acids is 1. The average Bonchev–Trinajstić information content (AvgIpc) is 2.53. The van der Waals surface area contributed by atoms with Crippen molar-refractivity contribution in [2.24, 2.45) is 5.92 Å². The zero-order chi connectivity index (χ0) is 16.2. The molecule has 22 heavy (non-hydrogen) atoms. The second-order valence-corrected chi connectivity index (χ2v) is 7.04. The average molecular weight is 326 g/mol. The Morgan fingerprint density at radius 2 is 1.77 bits per heavy atom. The van der Waals surface area contributed by atoms with Crippen LogP contribution in [0.4, 0.5) is 0 Å². The van der Waals surface area contributed by atoms with Crippen LogP contribution in [0.15, 0.2) is 35.2 Å². The molecule has 0 spiro atoms. The van der Waals surface area contributed by atoms with Crippen molar-refractivity contribution in [2.75, 3.05) is 19.6 Å². The van der Waals surface area contributed by atoms with Crippen LogP contribution in [0.5, 0.6) is 0 Å². The number of carbonyl (C=O) groups is 2. The van der Waals surface area contributed by atoms with Crippen LogP contribution in [-0.2, 0) is 19.6 Å². The minimum absolute atomic E-state index is 0.240. The highest BCUT2D eigenvalue weighted by molar-refractivity contribution is 7.89. The van der Waals surface area contributed by atoms with Crippen molar-refractivity contribution >= 4 is 21.9 Å². The maximum atomic E-state index is 12.4. The number of hydrogen-bond acceptors (Lipinski definition) is 4. The molecule has 2 rings (SSSR count). The van der Waals surface area contributed by atoms with E-state index in [0.29, 0.717) is 12.8 Å². The van der Waals surface area contributed by atoms with Crippen molar-refractivity contribution in [3.8, 4) is 0 Å². The molecule has 0 atom stereocenters. The van der Waals surface area contributed by atoms with E-state index in [-0.39, 0.29) is 29.8 Å². The summed E-state index contributed by atoms with van der Waals surface area (Å²) in [5, 5.41) is 10.9. The molecular formula is C14H18N2O5S. The summed E-state index contributed by atoms with van der Waals surface area (Å²) in [7, 11) is -3.53. The Morgan fingerprint density at radius 1 is 1.18 bits per heavy atom. The fourth-order valence-electron chi connectivity index (χ4n) is 2.41. The molecule has 1 aliphatic heterocycles. The first-order valence-corrected chi connectivity index (χ1v) is 8.40. The van der Waals surface area contributed by atoms with Crippen LogP contribution in [0.1, 0.15) is 12.8 Å². The van der Waals surface area contributed by atoms with Crippen LogP contribution in [0, 0.1) is 5.92 Å². The number of carboxylic acids is 1. The predicted octanol–water partition coefficient (Wildman–Crippen LogP) is 0.288. The van der Waals surface area contributed by atoms with Gasteiger partial charge in [-0.25, -0.2) is 8.42 Å². The van der Waals surface area contributed by atoms with Crippen molar-refractivity contribution in [3.63, 3.8) is 0 Å². The number of aliphatic carboxylic acids is 1. The summed E-state index contributed by atoms with van der Waals surface area (Å²) >= 11 is 0. The second-order valence-electron chi connectivity index (χ2n) is 5.10. The van der Waals surface area contributed by atoms with Crippen molar-refractivity contribution in [2.45, 2.75) is 17.7 Å². The van der Waals surface area contributed by atoms with Crippen LogP contribution in [0.25, 0.3) is 0 Å². The minimum Gasteiger partial charge on any atom is -0.480 e. The molecule has 1 amide bonds. The smallest absolute Gasteiger partial charge is 0.322 e. The van der Waals surface area contributed by atoms with Crippen LogP contribution < -0.4 is 5.32 Å². The molecule has 120 valence electrons. The van der Waals surface area contributed by atoms with Gasteiger partial charge in [-0.2, -0.15) is 4.31 Å². The van der Waals surface area contributed by atoms with Gasteiger partial charge in [0.25, 0.3) is 0 Å². The summed E-state index contributed by atoms with van der Waals surface area (Å²) in [4.78, 5) is 22.5. The molecule has 7 nitrogen and oxygen atoms in total. The maximum Gasteiger partial charge on any atom is 0.322 e. The number of sulfonamides is 1. The standard InChI is InChI=1S/C14H18N2O5S/c17-13(18)10-15-14(19)11-6-8-16(9-7-11)22(20,21)12-4-2-1-3-5-12/h1-5,11H,6-10H2,(H,15,19)(H,17,18). The molecule has 1 saturated heterocycles.